The van der Waals surface area contributed by atoms with Crippen LogP contribution in [0.3, 0.4) is 0 Å². The van der Waals surface area contributed by atoms with Crippen LogP contribution >= 0.6 is 0 Å². The molecule has 14 heavy (non-hydrogen) atoms. The number of rotatable bonds is 4. The van der Waals surface area contributed by atoms with Crippen LogP contribution in [-0.2, 0) is 5.54 Å². The van der Waals surface area contributed by atoms with Gasteiger partial charge >= 0.3 is 0 Å². The average molecular weight is 198 g/mol. The van der Waals surface area contributed by atoms with E-state index in [1.807, 2.05) is 13.8 Å². The number of carbonyl (C=O) groups excluding carboxylic acids is 1. The molecule has 1 rings (SSSR count). The highest BCUT2D eigenvalue weighted by Gasteiger charge is 2.30. The first-order chi connectivity index (χ1) is 6.53. The minimum atomic E-state index is -0.713. The zero-order valence-electron chi connectivity index (χ0n) is 8.28. The van der Waals surface area contributed by atoms with Crippen LogP contribution in [0.15, 0.2) is 4.52 Å². The predicted octanol–water partition coefficient (Wildman–Crippen LogP) is 0.143. The summed E-state index contributed by atoms with van der Waals surface area (Å²) in [4.78, 5) is 14.6. The summed E-state index contributed by atoms with van der Waals surface area (Å²) >= 11 is 0. The Morgan fingerprint density at radius 1 is 1.50 bits per heavy atom. The molecule has 0 spiro atoms. The van der Waals surface area contributed by atoms with Crippen molar-refractivity contribution >= 4 is 5.91 Å². The lowest BCUT2D eigenvalue weighted by molar-refractivity contribution is 0.0987. The fraction of sp³-hybridized carbons (Fsp3) is 0.625. The Labute approximate surface area is 81.6 Å². The molecule has 1 aromatic rings. The van der Waals surface area contributed by atoms with E-state index in [0.717, 1.165) is 0 Å². The molecule has 78 valence electrons. The quantitative estimate of drug-likeness (QED) is 0.715. The van der Waals surface area contributed by atoms with Crippen molar-refractivity contribution < 1.29 is 9.32 Å². The summed E-state index contributed by atoms with van der Waals surface area (Å²) in [5.74, 6) is -0.581. The van der Waals surface area contributed by atoms with Crippen molar-refractivity contribution in [2.24, 2.45) is 11.5 Å². The molecule has 6 heteroatoms. The van der Waals surface area contributed by atoms with Gasteiger partial charge in [-0.3, -0.25) is 4.79 Å². The van der Waals surface area contributed by atoms with Gasteiger partial charge in [0, 0.05) is 0 Å². The van der Waals surface area contributed by atoms with E-state index in [1.54, 1.807) is 0 Å². The number of hydrogen-bond acceptors (Lipinski definition) is 5. The largest absolute Gasteiger partial charge is 0.363 e. The molecule has 1 heterocycles. The second-order valence-electron chi connectivity index (χ2n) is 3.15. The van der Waals surface area contributed by atoms with Gasteiger partial charge in [-0.05, 0) is 12.8 Å². The Morgan fingerprint density at radius 3 is 2.43 bits per heavy atom. The lowest BCUT2D eigenvalue weighted by Crippen LogP contribution is -2.35. The molecule has 0 fully saturated rings. The number of nitrogens with two attached hydrogens (primary N) is 2. The van der Waals surface area contributed by atoms with E-state index in [2.05, 4.69) is 10.1 Å². The Hall–Kier alpha value is -1.43. The molecule has 4 N–H and O–H groups in total. The molecule has 0 radical (unpaired) electrons. The zero-order valence-corrected chi connectivity index (χ0v) is 8.28. The van der Waals surface area contributed by atoms with Crippen LogP contribution < -0.4 is 11.5 Å². The first kappa shape index (κ1) is 10.6. The van der Waals surface area contributed by atoms with Crippen molar-refractivity contribution in [1.29, 1.82) is 0 Å². The maximum absolute atomic E-state index is 10.7. The summed E-state index contributed by atoms with van der Waals surface area (Å²) in [5.41, 5.74) is 10.3. The standard InChI is InChI=1S/C8H14N4O2/c1-3-8(10,4-2)7-11-6(5(9)13)12-14-7/h3-4,10H2,1-2H3,(H2,9,13). The van der Waals surface area contributed by atoms with Crippen LogP contribution in [0.25, 0.3) is 0 Å². The number of hydrogen-bond donors (Lipinski definition) is 2. The molecular weight excluding hydrogens is 184 g/mol. The summed E-state index contributed by atoms with van der Waals surface area (Å²) < 4.78 is 4.89. The van der Waals surface area contributed by atoms with E-state index < -0.39 is 11.4 Å². The number of carbonyl (C=O) groups is 1. The third kappa shape index (κ3) is 1.74. The Bertz CT molecular complexity index is 330. The highest BCUT2D eigenvalue weighted by molar-refractivity contribution is 5.88. The number of amides is 1. The van der Waals surface area contributed by atoms with E-state index in [1.165, 1.54) is 0 Å². The van der Waals surface area contributed by atoms with Crippen LogP contribution in [0.2, 0.25) is 0 Å². The first-order valence-corrected chi connectivity index (χ1v) is 4.46. The van der Waals surface area contributed by atoms with E-state index >= 15 is 0 Å². The molecule has 0 saturated carbocycles. The van der Waals surface area contributed by atoms with E-state index in [9.17, 15) is 4.79 Å². The summed E-state index contributed by atoms with van der Waals surface area (Å²) in [6.45, 7) is 3.83. The highest BCUT2D eigenvalue weighted by atomic mass is 16.5. The molecule has 6 nitrogen and oxygen atoms in total. The summed E-state index contributed by atoms with van der Waals surface area (Å²) in [7, 11) is 0. The van der Waals surface area contributed by atoms with Gasteiger partial charge in [0.25, 0.3) is 11.7 Å². The minimum absolute atomic E-state index is 0.128. The van der Waals surface area contributed by atoms with E-state index in [4.69, 9.17) is 16.0 Å². The Morgan fingerprint density at radius 2 is 2.07 bits per heavy atom. The normalized spacial score (nSPS) is 11.6. The van der Waals surface area contributed by atoms with E-state index in [-0.39, 0.29) is 11.7 Å². The van der Waals surface area contributed by atoms with Crippen molar-refractivity contribution in [3.63, 3.8) is 0 Å². The van der Waals surface area contributed by atoms with Crippen molar-refractivity contribution in [2.45, 2.75) is 32.2 Å². The van der Waals surface area contributed by atoms with Crippen molar-refractivity contribution in [3.05, 3.63) is 11.7 Å². The topological polar surface area (TPSA) is 108 Å². The third-order valence-electron chi connectivity index (χ3n) is 2.33. The molecule has 0 unspecified atom stereocenters. The van der Waals surface area contributed by atoms with Crippen LogP contribution in [0.4, 0.5) is 0 Å². The third-order valence-corrected chi connectivity index (χ3v) is 2.33. The second-order valence-corrected chi connectivity index (χ2v) is 3.15. The SMILES string of the molecule is CCC(N)(CC)c1nc(C(N)=O)no1. The van der Waals surface area contributed by atoms with Gasteiger partial charge in [-0.15, -0.1) is 0 Å². The van der Waals surface area contributed by atoms with Crippen molar-refractivity contribution in [1.82, 2.24) is 10.1 Å². The molecule has 0 aromatic carbocycles. The number of aromatic nitrogens is 2. The van der Waals surface area contributed by atoms with Gasteiger partial charge in [0.1, 0.15) is 0 Å². The van der Waals surface area contributed by atoms with E-state index in [0.29, 0.717) is 12.8 Å². The molecule has 0 aliphatic rings. The van der Waals surface area contributed by atoms with Gasteiger partial charge in [-0.1, -0.05) is 19.0 Å². The maximum atomic E-state index is 10.7. The van der Waals surface area contributed by atoms with Gasteiger partial charge in [0.15, 0.2) is 0 Å². The lowest BCUT2D eigenvalue weighted by Gasteiger charge is -2.20. The number of nitrogens with zero attached hydrogens (tertiary/aromatic N) is 2. The zero-order chi connectivity index (χ0) is 10.8. The molecule has 0 bridgehead atoms. The van der Waals surface area contributed by atoms with Crippen LogP contribution in [0.1, 0.15) is 43.2 Å². The van der Waals surface area contributed by atoms with Crippen LogP contribution in [0, 0.1) is 0 Å². The first-order valence-electron chi connectivity index (χ1n) is 4.46. The van der Waals surface area contributed by atoms with Gasteiger partial charge < -0.3 is 16.0 Å². The molecule has 0 aliphatic carbocycles. The molecular formula is C8H14N4O2. The smallest absolute Gasteiger partial charge is 0.290 e. The van der Waals surface area contributed by atoms with Gasteiger partial charge in [0.2, 0.25) is 5.89 Å². The minimum Gasteiger partial charge on any atom is -0.363 e. The molecule has 0 atom stereocenters. The second kappa shape index (κ2) is 3.75. The Kier molecular flexibility index (Phi) is 2.85. The molecule has 1 amide bonds. The predicted molar refractivity (Wildman–Crippen MR) is 49.3 cm³/mol. The summed E-state index contributed by atoms with van der Waals surface area (Å²) in [6, 6.07) is 0. The lowest BCUT2D eigenvalue weighted by atomic mass is 9.94. The fourth-order valence-electron chi connectivity index (χ4n) is 1.08. The summed E-state index contributed by atoms with van der Waals surface area (Å²) in [6.07, 6.45) is 1.31. The maximum Gasteiger partial charge on any atom is 0.290 e. The van der Waals surface area contributed by atoms with Crippen molar-refractivity contribution in [2.75, 3.05) is 0 Å². The molecule has 1 aromatic heterocycles. The Balaban J connectivity index is 3.01. The van der Waals surface area contributed by atoms with Gasteiger partial charge in [0.05, 0.1) is 5.54 Å². The fourth-order valence-corrected chi connectivity index (χ4v) is 1.08. The molecule has 0 aliphatic heterocycles. The van der Waals surface area contributed by atoms with Crippen LogP contribution in [0.5, 0.6) is 0 Å². The monoisotopic (exact) mass is 198 g/mol. The average Bonchev–Trinajstić information content (AvgIpc) is 2.66. The highest BCUT2D eigenvalue weighted by Crippen LogP contribution is 2.23. The number of primary amides is 1. The van der Waals surface area contributed by atoms with Gasteiger partial charge in [-0.2, -0.15) is 4.98 Å². The van der Waals surface area contributed by atoms with Crippen molar-refractivity contribution in [3.8, 4) is 0 Å². The summed E-state index contributed by atoms with van der Waals surface area (Å²) in [5, 5.41) is 3.44. The van der Waals surface area contributed by atoms with Crippen LogP contribution in [-0.4, -0.2) is 16.0 Å². The van der Waals surface area contributed by atoms with Gasteiger partial charge in [-0.25, -0.2) is 0 Å². The molecule has 0 saturated heterocycles.